The maximum Gasteiger partial charge on any atom is 0.229 e. The molecule has 0 amide bonds. The number of hydrogen-bond acceptors (Lipinski definition) is 8. The molecule has 2 aliphatic rings. The molecule has 3 aromatic rings. The summed E-state index contributed by atoms with van der Waals surface area (Å²) in [5, 5.41) is 10.9. The molecule has 10 heteroatoms. The molecule has 1 saturated carbocycles. The van der Waals surface area contributed by atoms with Crippen molar-refractivity contribution in [2.24, 2.45) is 12.5 Å². The highest BCUT2D eigenvalue weighted by atomic mass is 35.5. The smallest absolute Gasteiger partial charge is 0.229 e. The van der Waals surface area contributed by atoms with Crippen LogP contribution in [0.1, 0.15) is 25.0 Å². The number of aliphatic hydroxyl groups is 1. The molecule has 1 aliphatic carbocycles. The zero-order valence-electron chi connectivity index (χ0n) is 18.6. The van der Waals surface area contributed by atoms with Crippen molar-refractivity contribution in [1.29, 1.82) is 0 Å². The standard InChI is InChI=1S/C22H28ClN7O2/c1-28(12-14-5-4-6-17(23)25-14)21-26-19-18(29(2)13-24-19)20(27-21)30-9-7-22(8-10-30)15(31)11-16(22)32-3/h4-6,13,15-16,31H,7-12H2,1-3H3. The predicted octanol–water partition coefficient (Wildman–Crippen LogP) is 2.41. The summed E-state index contributed by atoms with van der Waals surface area (Å²) in [5.41, 5.74) is 2.28. The zero-order valence-corrected chi connectivity index (χ0v) is 19.3. The first-order valence-corrected chi connectivity index (χ1v) is 11.3. The highest BCUT2D eigenvalue weighted by Crippen LogP contribution is 2.51. The van der Waals surface area contributed by atoms with Crippen LogP contribution in [0.2, 0.25) is 5.15 Å². The number of anilines is 2. The number of aliphatic hydroxyl groups excluding tert-OH is 1. The van der Waals surface area contributed by atoms with Gasteiger partial charge >= 0.3 is 0 Å². The number of aryl methyl sites for hydroxylation is 1. The molecule has 3 aromatic heterocycles. The van der Waals surface area contributed by atoms with Crippen molar-refractivity contribution >= 4 is 34.5 Å². The minimum absolute atomic E-state index is 0.133. The normalized spacial score (nSPS) is 22.3. The Morgan fingerprint density at radius 1 is 1.25 bits per heavy atom. The fraction of sp³-hybridized carbons (Fsp3) is 0.545. The van der Waals surface area contributed by atoms with E-state index in [-0.39, 0.29) is 17.6 Å². The van der Waals surface area contributed by atoms with E-state index < -0.39 is 0 Å². The molecular weight excluding hydrogens is 430 g/mol. The molecule has 2 fully saturated rings. The lowest BCUT2D eigenvalue weighted by atomic mass is 9.58. The Kier molecular flexibility index (Phi) is 5.43. The molecule has 1 spiro atoms. The van der Waals surface area contributed by atoms with Crippen molar-refractivity contribution in [1.82, 2.24) is 24.5 Å². The molecule has 0 radical (unpaired) electrons. The first-order chi connectivity index (χ1) is 15.4. The van der Waals surface area contributed by atoms with Crippen LogP contribution in [-0.2, 0) is 18.3 Å². The molecule has 0 aromatic carbocycles. The number of halogens is 1. The second kappa shape index (κ2) is 8.13. The van der Waals surface area contributed by atoms with E-state index in [2.05, 4.69) is 14.9 Å². The summed E-state index contributed by atoms with van der Waals surface area (Å²) in [6.45, 7) is 2.13. The van der Waals surface area contributed by atoms with Gasteiger partial charge in [-0.2, -0.15) is 9.97 Å². The Labute approximate surface area is 192 Å². The molecule has 5 rings (SSSR count). The molecule has 1 N–H and O–H groups in total. The van der Waals surface area contributed by atoms with Gasteiger partial charge < -0.3 is 24.2 Å². The Morgan fingerprint density at radius 3 is 2.72 bits per heavy atom. The number of methoxy groups -OCH3 is 1. The number of fused-ring (bicyclic) bond motifs is 1. The minimum Gasteiger partial charge on any atom is -0.392 e. The van der Waals surface area contributed by atoms with Crippen molar-refractivity contribution in [3.8, 4) is 0 Å². The largest absolute Gasteiger partial charge is 0.392 e. The van der Waals surface area contributed by atoms with Gasteiger partial charge in [-0.3, -0.25) is 0 Å². The first-order valence-electron chi connectivity index (χ1n) is 10.9. The fourth-order valence-corrected chi connectivity index (χ4v) is 5.30. The number of nitrogens with zero attached hydrogens (tertiary/aromatic N) is 7. The van der Waals surface area contributed by atoms with Gasteiger partial charge in [-0.25, -0.2) is 9.97 Å². The topological polar surface area (TPSA) is 92.4 Å². The Morgan fingerprint density at radius 2 is 2.03 bits per heavy atom. The number of ether oxygens (including phenoxy) is 1. The van der Waals surface area contributed by atoms with Crippen LogP contribution >= 0.6 is 11.6 Å². The number of aromatic nitrogens is 5. The van der Waals surface area contributed by atoms with Crippen LogP contribution in [0.5, 0.6) is 0 Å². The minimum atomic E-state index is -0.288. The van der Waals surface area contributed by atoms with Gasteiger partial charge in [-0.05, 0) is 25.0 Å². The van der Waals surface area contributed by atoms with E-state index in [0.29, 0.717) is 23.3 Å². The van der Waals surface area contributed by atoms with Crippen molar-refractivity contribution in [2.75, 3.05) is 37.0 Å². The molecular formula is C22H28ClN7O2. The van der Waals surface area contributed by atoms with Gasteiger partial charge in [-0.1, -0.05) is 17.7 Å². The molecule has 0 bridgehead atoms. The quantitative estimate of drug-likeness (QED) is 0.584. The van der Waals surface area contributed by atoms with Crippen LogP contribution in [0.3, 0.4) is 0 Å². The van der Waals surface area contributed by atoms with Crippen LogP contribution in [0.15, 0.2) is 24.5 Å². The number of rotatable bonds is 5. The number of piperidine rings is 1. The van der Waals surface area contributed by atoms with Gasteiger partial charge in [0.1, 0.15) is 10.7 Å². The summed E-state index contributed by atoms with van der Waals surface area (Å²) in [4.78, 5) is 22.8. The van der Waals surface area contributed by atoms with Crippen molar-refractivity contribution in [3.63, 3.8) is 0 Å². The number of pyridine rings is 1. The Balaban J connectivity index is 1.43. The van der Waals surface area contributed by atoms with Gasteiger partial charge in [0.05, 0.1) is 30.8 Å². The fourth-order valence-electron chi connectivity index (χ4n) is 5.12. The van der Waals surface area contributed by atoms with Gasteiger partial charge in [-0.15, -0.1) is 0 Å². The second-order valence-corrected chi connectivity index (χ2v) is 9.27. The molecule has 1 aliphatic heterocycles. The number of hydrogen-bond donors (Lipinski definition) is 1. The highest BCUT2D eigenvalue weighted by Gasteiger charge is 2.56. The number of imidazole rings is 1. The lowest BCUT2D eigenvalue weighted by molar-refractivity contribution is -0.190. The maximum absolute atomic E-state index is 10.5. The average molecular weight is 458 g/mol. The van der Waals surface area contributed by atoms with E-state index in [9.17, 15) is 5.11 Å². The van der Waals surface area contributed by atoms with E-state index in [4.69, 9.17) is 26.3 Å². The molecule has 2 atom stereocenters. The molecule has 32 heavy (non-hydrogen) atoms. The monoisotopic (exact) mass is 457 g/mol. The third-order valence-electron chi connectivity index (χ3n) is 7.08. The van der Waals surface area contributed by atoms with Crippen LogP contribution in [-0.4, -0.2) is 69.1 Å². The third kappa shape index (κ3) is 3.48. The van der Waals surface area contributed by atoms with E-state index in [1.807, 2.05) is 35.7 Å². The predicted molar refractivity (Wildman–Crippen MR) is 123 cm³/mol. The van der Waals surface area contributed by atoms with E-state index in [1.165, 1.54) is 0 Å². The van der Waals surface area contributed by atoms with Crippen molar-refractivity contribution < 1.29 is 9.84 Å². The summed E-state index contributed by atoms with van der Waals surface area (Å²) >= 11 is 6.05. The van der Waals surface area contributed by atoms with Crippen molar-refractivity contribution in [3.05, 3.63) is 35.4 Å². The molecule has 9 nitrogen and oxygen atoms in total. The molecule has 1 saturated heterocycles. The van der Waals surface area contributed by atoms with Crippen LogP contribution in [0.25, 0.3) is 11.2 Å². The van der Waals surface area contributed by atoms with Crippen molar-refractivity contribution in [2.45, 2.75) is 38.0 Å². The van der Waals surface area contributed by atoms with Crippen LogP contribution in [0, 0.1) is 5.41 Å². The summed E-state index contributed by atoms with van der Waals surface area (Å²) in [6, 6.07) is 5.58. The van der Waals surface area contributed by atoms with Crippen LogP contribution in [0.4, 0.5) is 11.8 Å². The lowest BCUT2D eigenvalue weighted by Crippen LogP contribution is -2.62. The average Bonchev–Trinajstić information content (AvgIpc) is 3.17. The SMILES string of the molecule is COC1CC(O)C12CCN(c1nc(N(C)Cc3cccc(Cl)n3)nc3ncn(C)c13)CC2. The van der Waals surface area contributed by atoms with Gasteiger partial charge in [0, 0.05) is 46.1 Å². The third-order valence-corrected chi connectivity index (χ3v) is 7.29. The van der Waals surface area contributed by atoms with E-state index in [1.54, 1.807) is 19.5 Å². The molecule has 2 unspecified atom stereocenters. The lowest BCUT2D eigenvalue weighted by Gasteiger charge is -2.56. The second-order valence-electron chi connectivity index (χ2n) is 8.88. The maximum atomic E-state index is 10.5. The Hall–Kier alpha value is -2.49. The molecule has 170 valence electrons. The summed E-state index contributed by atoms with van der Waals surface area (Å²) in [6.07, 6.45) is 4.08. The highest BCUT2D eigenvalue weighted by molar-refractivity contribution is 6.29. The van der Waals surface area contributed by atoms with E-state index in [0.717, 1.165) is 49.4 Å². The van der Waals surface area contributed by atoms with Crippen LogP contribution < -0.4 is 9.80 Å². The zero-order chi connectivity index (χ0) is 22.5. The summed E-state index contributed by atoms with van der Waals surface area (Å²) in [5.74, 6) is 1.46. The van der Waals surface area contributed by atoms with E-state index >= 15 is 0 Å². The summed E-state index contributed by atoms with van der Waals surface area (Å²) < 4.78 is 7.61. The molecule has 4 heterocycles. The van der Waals surface area contributed by atoms with Gasteiger partial charge in [0.25, 0.3) is 0 Å². The van der Waals surface area contributed by atoms with Gasteiger partial charge in [0.15, 0.2) is 11.5 Å². The summed E-state index contributed by atoms with van der Waals surface area (Å²) in [7, 11) is 5.64. The van der Waals surface area contributed by atoms with Gasteiger partial charge in [0.2, 0.25) is 5.95 Å². The Bertz CT molecular complexity index is 1130. The first kappa shape index (κ1) is 21.4.